The van der Waals surface area contributed by atoms with Crippen LogP contribution in [0.1, 0.15) is 12.0 Å². The molecule has 4 aromatic rings. The number of sulfonamides is 1. The van der Waals surface area contributed by atoms with Gasteiger partial charge in [-0.05, 0) is 41.0 Å². The molecule has 0 saturated carbocycles. The van der Waals surface area contributed by atoms with Crippen LogP contribution in [-0.2, 0) is 10.0 Å². The zero-order valence-electron chi connectivity index (χ0n) is 15.3. The van der Waals surface area contributed by atoms with E-state index in [0.29, 0.717) is 24.4 Å². The molecule has 0 spiro atoms. The SMILES string of the molecule is O=S(=O)(c1ccc2ccccc2c1)N1CC=C(c2c[nH]c3ccccc23)CC1. The van der Waals surface area contributed by atoms with Gasteiger partial charge in [-0.25, -0.2) is 8.42 Å². The zero-order chi connectivity index (χ0) is 19.1. The summed E-state index contributed by atoms with van der Waals surface area (Å²) < 4.78 is 27.8. The third kappa shape index (κ3) is 2.84. The Kier molecular flexibility index (Phi) is 4.07. The Morgan fingerprint density at radius 2 is 1.68 bits per heavy atom. The van der Waals surface area contributed by atoms with E-state index in [1.165, 1.54) is 16.5 Å². The van der Waals surface area contributed by atoms with Crippen LogP contribution < -0.4 is 0 Å². The third-order valence-corrected chi connectivity index (χ3v) is 7.33. The first-order valence-corrected chi connectivity index (χ1v) is 10.8. The van der Waals surface area contributed by atoms with Crippen LogP contribution in [0.4, 0.5) is 0 Å². The van der Waals surface area contributed by atoms with Crippen molar-refractivity contribution in [3.63, 3.8) is 0 Å². The smallest absolute Gasteiger partial charge is 0.243 e. The molecule has 0 aliphatic carbocycles. The number of hydrogen-bond donors (Lipinski definition) is 1. The van der Waals surface area contributed by atoms with Crippen molar-refractivity contribution < 1.29 is 8.42 Å². The third-order valence-electron chi connectivity index (χ3n) is 5.47. The fourth-order valence-electron chi connectivity index (χ4n) is 3.93. The monoisotopic (exact) mass is 388 g/mol. The van der Waals surface area contributed by atoms with Crippen LogP contribution in [0.25, 0.3) is 27.2 Å². The van der Waals surface area contributed by atoms with Crippen LogP contribution in [0.15, 0.2) is 83.9 Å². The molecular formula is C23H20N2O2S. The van der Waals surface area contributed by atoms with E-state index in [1.54, 1.807) is 16.4 Å². The minimum absolute atomic E-state index is 0.357. The number of para-hydroxylation sites is 1. The minimum atomic E-state index is -3.51. The maximum absolute atomic E-state index is 13.1. The fraction of sp³-hybridized carbons (Fsp3) is 0.130. The number of rotatable bonds is 3. The van der Waals surface area contributed by atoms with Gasteiger partial charge in [-0.15, -0.1) is 0 Å². The van der Waals surface area contributed by atoms with Crippen LogP contribution in [0.5, 0.6) is 0 Å². The van der Waals surface area contributed by atoms with Crippen LogP contribution in [0.3, 0.4) is 0 Å². The number of benzene rings is 3. The van der Waals surface area contributed by atoms with E-state index in [9.17, 15) is 8.42 Å². The van der Waals surface area contributed by atoms with Gasteiger partial charge in [0.05, 0.1) is 4.90 Å². The van der Waals surface area contributed by atoms with Crippen molar-refractivity contribution in [3.8, 4) is 0 Å². The van der Waals surface area contributed by atoms with E-state index in [0.717, 1.165) is 16.3 Å². The molecular weight excluding hydrogens is 368 g/mol. The number of aromatic amines is 1. The quantitative estimate of drug-likeness (QED) is 0.548. The topological polar surface area (TPSA) is 53.2 Å². The van der Waals surface area contributed by atoms with Gasteiger partial charge in [0, 0.05) is 35.8 Å². The molecule has 0 fully saturated rings. The summed E-state index contributed by atoms with van der Waals surface area (Å²) in [4.78, 5) is 3.65. The second-order valence-corrected chi connectivity index (χ2v) is 9.04. The van der Waals surface area contributed by atoms with Gasteiger partial charge >= 0.3 is 0 Å². The summed E-state index contributed by atoms with van der Waals surface area (Å²) in [5, 5.41) is 3.16. The van der Waals surface area contributed by atoms with E-state index in [4.69, 9.17) is 0 Å². The normalized spacial score (nSPS) is 15.8. The Morgan fingerprint density at radius 3 is 2.50 bits per heavy atom. The Hall–Kier alpha value is -2.89. The number of hydrogen-bond acceptors (Lipinski definition) is 2. The molecule has 28 heavy (non-hydrogen) atoms. The van der Waals surface area contributed by atoms with Crippen LogP contribution in [-0.4, -0.2) is 30.8 Å². The summed E-state index contributed by atoms with van der Waals surface area (Å²) in [5.41, 5.74) is 3.46. The molecule has 0 amide bonds. The van der Waals surface area contributed by atoms with Crippen molar-refractivity contribution in [1.82, 2.24) is 9.29 Å². The van der Waals surface area contributed by atoms with Crippen molar-refractivity contribution in [1.29, 1.82) is 0 Å². The van der Waals surface area contributed by atoms with Crippen LogP contribution >= 0.6 is 0 Å². The molecule has 1 aliphatic rings. The van der Waals surface area contributed by atoms with Crippen LogP contribution in [0.2, 0.25) is 0 Å². The second-order valence-electron chi connectivity index (χ2n) is 7.10. The van der Waals surface area contributed by atoms with E-state index in [2.05, 4.69) is 17.1 Å². The Balaban J connectivity index is 1.44. The highest BCUT2D eigenvalue weighted by Gasteiger charge is 2.27. The maximum atomic E-state index is 13.1. The fourth-order valence-corrected chi connectivity index (χ4v) is 5.34. The molecule has 0 saturated heterocycles. The lowest BCUT2D eigenvalue weighted by atomic mass is 10.00. The van der Waals surface area contributed by atoms with E-state index < -0.39 is 10.0 Å². The molecule has 1 aliphatic heterocycles. The summed E-state index contributed by atoms with van der Waals surface area (Å²) in [7, 11) is -3.51. The molecule has 2 heterocycles. The first kappa shape index (κ1) is 17.2. The van der Waals surface area contributed by atoms with E-state index >= 15 is 0 Å². The molecule has 1 aromatic heterocycles. The molecule has 0 unspecified atom stereocenters. The Bertz CT molecular complexity index is 1320. The number of H-pyrrole nitrogens is 1. The number of aromatic nitrogens is 1. The molecule has 3 aromatic carbocycles. The molecule has 4 nitrogen and oxygen atoms in total. The predicted molar refractivity (Wildman–Crippen MR) is 114 cm³/mol. The molecule has 0 bridgehead atoms. The van der Waals surface area contributed by atoms with Crippen LogP contribution in [0, 0.1) is 0 Å². The van der Waals surface area contributed by atoms with Gasteiger partial charge in [-0.1, -0.05) is 54.6 Å². The molecule has 140 valence electrons. The standard InChI is InChI=1S/C23H20N2O2S/c26-28(27,20-10-9-17-5-1-2-6-19(17)15-20)25-13-11-18(12-14-25)22-16-24-23-8-4-3-7-21(22)23/h1-11,15-16,24H,12-14H2. The van der Waals surface area contributed by atoms with Crippen molar-refractivity contribution >= 4 is 37.3 Å². The lowest BCUT2D eigenvalue weighted by Crippen LogP contribution is -2.34. The average Bonchev–Trinajstić information content (AvgIpc) is 3.17. The van der Waals surface area contributed by atoms with Gasteiger partial charge in [0.2, 0.25) is 10.0 Å². The predicted octanol–water partition coefficient (Wildman–Crippen LogP) is 4.80. The van der Waals surface area contributed by atoms with Gasteiger partial charge in [-0.2, -0.15) is 4.31 Å². The number of fused-ring (bicyclic) bond motifs is 2. The van der Waals surface area contributed by atoms with E-state index in [1.807, 2.05) is 54.7 Å². The van der Waals surface area contributed by atoms with Gasteiger partial charge < -0.3 is 4.98 Å². The molecule has 5 rings (SSSR count). The lowest BCUT2D eigenvalue weighted by molar-refractivity contribution is 0.441. The van der Waals surface area contributed by atoms with Gasteiger partial charge in [-0.3, -0.25) is 0 Å². The highest BCUT2D eigenvalue weighted by molar-refractivity contribution is 7.89. The van der Waals surface area contributed by atoms with E-state index in [-0.39, 0.29) is 0 Å². The average molecular weight is 388 g/mol. The second kappa shape index (κ2) is 6.62. The van der Waals surface area contributed by atoms with Crippen molar-refractivity contribution in [2.45, 2.75) is 11.3 Å². The first-order chi connectivity index (χ1) is 13.6. The molecule has 5 heteroatoms. The lowest BCUT2D eigenvalue weighted by Gasteiger charge is -2.26. The summed E-state index contributed by atoms with van der Waals surface area (Å²) in [6, 6.07) is 21.4. The van der Waals surface area contributed by atoms with Gasteiger partial charge in [0.15, 0.2) is 0 Å². The number of nitrogens with one attached hydrogen (secondary N) is 1. The van der Waals surface area contributed by atoms with Gasteiger partial charge in [0.25, 0.3) is 0 Å². The van der Waals surface area contributed by atoms with Crippen molar-refractivity contribution in [2.75, 3.05) is 13.1 Å². The Labute approximate surface area is 164 Å². The number of nitrogens with zero attached hydrogens (tertiary/aromatic N) is 1. The summed E-state index contributed by atoms with van der Waals surface area (Å²) >= 11 is 0. The summed E-state index contributed by atoms with van der Waals surface area (Å²) in [6.45, 7) is 0.879. The molecule has 0 atom stereocenters. The molecule has 1 N–H and O–H groups in total. The van der Waals surface area contributed by atoms with Crippen molar-refractivity contribution in [2.24, 2.45) is 0 Å². The maximum Gasteiger partial charge on any atom is 0.243 e. The summed E-state index contributed by atoms with van der Waals surface area (Å²) in [5.74, 6) is 0. The first-order valence-electron chi connectivity index (χ1n) is 9.37. The largest absolute Gasteiger partial charge is 0.361 e. The van der Waals surface area contributed by atoms with Gasteiger partial charge in [0.1, 0.15) is 0 Å². The van der Waals surface area contributed by atoms with Crippen molar-refractivity contribution in [3.05, 3.63) is 84.6 Å². The highest BCUT2D eigenvalue weighted by Crippen LogP contribution is 2.31. The summed E-state index contributed by atoms with van der Waals surface area (Å²) in [6.07, 6.45) is 4.76. The minimum Gasteiger partial charge on any atom is -0.361 e. The molecule has 0 radical (unpaired) electrons. The zero-order valence-corrected chi connectivity index (χ0v) is 16.1. The highest BCUT2D eigenvalue weighted by atomic mass is 32.2. The Morgan fingerprint density at radius 1 is 0.893 bits per heavy atom.